The summed E-state index contributed by atoms with van der Waals surface area (Å²) in [6, 6.07) is 11.0. The van der Waals surface area contributed by atoms with Gasteiger partial charge in [0.25, 0.3) is 0 Å². The maximum absolute atomic E-state index is 12.7. The molecule has 1 heterocycles. The molecule has 2 rings (SSSR count). The molecule has 22 heavy (non-hydrogen) atoms. The van der Waals surface area contributed by atoms with Crippen molar-refractivity contribution < 1.29 is 4.79 Å². The monoisotopic (exact) mass is 302 g/mol. The number of piperidine rings is 1. The zero-order chi connectivity index (χ0) is 15.9. The van der Waals surface area contributed by atoms with Gasteiger partial charge in [-0.3, -0.25) is 4.79 Å². The second kappa shape index (κ2) is 8.33. The van der Waals surface area contributed by atoms with E-state index in [9.17, 15) is 4.79 Å². The van der Waals surface area contributed by atoms with Gasteiger partial charge in [0.1, 0.15) is 0 Å². The van der Waals surface area contributed by atoms with Gasteiger partial charge in [0.05, 0.1) is 6.04 Å². The lowest BCUT2D eigenvalue weighted by molar-refractivity contribution is -0.127. The van der Waals surface area contributed by atoms with Crippen molar-refractivity contribution >= 4 is 5.91 Å². The smallest absolute Gasteiger partial charge is 0.223 e. The van der Waals surface area contributed by atoms with E-state index < -0.39 is 0 Å². The molecule has 1 aromatic rings. The van der Waals surface area contributed by atoms with Gasteiger partial charge in [0.15, 0.2) is 0 Å². The van der Waals surface area contributed by atoms with Gasteiger partial charge in [-0.25, -0.2) is 0 Å². The lowest BCUT2D eigenvalue weighted by Crippen LogP contribution is -2.44. The summed E-state index contributed by atoms with van der Waals surface area (Å²) in [5.41, 5.74) is 1.23. The van der Waals surface area contributed by atoms with Crippen LogP contribution < -0.4 is 10.6 Å². The Morgan fingerprint density at radius 2 is 1.95 bits per heavy atom. The molecule has 1 aliphatic rings. The Morgan fingerprint density at radius 1 is 1.27 bits per heavy atom. The van der Waals surface area contributed by atoms with E-state index in [1.807, 2.05) is 6.07 Å². The van der Waals surface area contributed by atoms with Crippen LogP contribution in [-0.2, 0) is 4.79 Å². The first-order valence-corrected chi connectivity index (χ1v) is 8.74. The molecular formula is C19H30N2O. The van der Waals surface area contributed by atoms with Crippen LogP contribution in [0.4, 0.5) is 0 Å². The fraction of sp³-hybridized carbons (Fsp3) is 0.632. The van der Waals surface area contributed by atoms with Gasteiger partial charge >= 0.3 is 0 Å². The fourth-order valence-corrected chi connectivity index (χ4v) is 3.53. The molecule has 0 spiro atoms. The summed E-state index contributed by atoms with van der Waals surface area (Å²) in [7, 11) is 0. The molecule has 1 aromatic carbocycles. The highest BCUT2D eigenvalue weighted by molar-refractivity contribution is 5.79. The molecule has 2 N–H and O–H groups in total. The summed E-state index contributed by atoms with van der Waals surface area (Å²) in [5, 5.41) is 6.78. The van der Waals surface area contributed by atoms with Crippen LogP contribution in [0.1, 0.15) is 58.1 Å². The van der Waals surface area contributed by atoms with Gasteiger partial charge in [0, 0.05) is 12.0 Å². The van der Waals surface area contributed by atoms with Crippen LogP contribution in [0.25, 0.3) is 0 Å². The van der Waals surface area contributed by atoms with Crippen molar-refractivity contribution in [2.45, 2.75) is 58.5 Å². The SMILES string of the molecule is CCC(CC)C(NC(=O)[C@H]1CCN[C@@H](C)C1)c1ccccc1. The average Bonchev–Trinajstić information content (AvgIpc) is 2.55. The first kappa shape index (κ1) is 17.0. The Hall–Kier alpha value is -1.35. The molecule has 1 amide bonds. The molecule has 1 saturated heterocycles. The topological polar surface area (TPSA) is 41.1 Å². The normalized spacial score (nSPS) is 23.3. The Kier molecular flexibility index (Phi) is 6.44. The van der Waals surface area contributed by atoms with Crippen LogP contribution in [0, 0.1) is 11.8 Å². The van der Waals surface area contributed by atoms with E-state index in [0.29, 0.717) is 12.0 Å². The van der Waals surface area contributed by atoms with Crippen molar-refractivity contribution in [2.75, 3.05) is 6.54 Å². The maximum atomic E-state index is 12.7. The second-order valence-electron chi connectivity index (χ2n) is 6.55. The lowest BCUT2D eigenvalue weighted by atomic mass is 9.87. The van der Waals surface area contributed by atoms with Crippen LogP contribution in [0.2, 0.25) is 0 Å². The molecule has 1 unspecified atom stereocenters. The number of hydrogen-bond acceptors (Lipinski definition) is 2. The van der Waals surface area contributed by atoms with E-state index in [1.165, 1.54) is 5.56 Å². The molecule has 1 aliphatic heterocycles. The lowest BCUT2D eigenvalue weighted by Gasteiger charge is -2.32. The number of amides is 1. The number of rotatable bonds is 6. The van der Waals surface area contributed by atoms with Crippen LogP contribution in [0.5, 0.6) is 0 Å². The summed E-state index contributed by atoms with van der Waals surface area (Å²) in [6.07, 6.45) is 4.05. The molecule has 3 atom stereocenters. The molecular weight excluding hydrogens is 272 g/mol. The van der Waals surface area contributed by atoms with E-state index in [0.717, 1.165) is 32.2 Å². The third kappa shape index (κ3) is 4.33. The third-order valence-electron chi connectivity index (χ3n) is 4.97. The van der Waals surface area contributed by atoms with Gasteiger partial charge in [-0.1, -0.05) is 57.0 Å². The van der Waals surface area contributed by atoms with Crippen LogP contribution >= 0.6 is 0 Å². The van der Waals surface area contributed by atoms with Crippen LogP contribution in [0.3, 0.4) is 0 Å². The Labute approximate surface area is 134 Å². The van der Waals surface area contributed by atoms with Crippen LogP contribution in [-0.4, -0.2) is 18.5 Å². The molecule has 0 aliphatic carbocycles. The fourth-order valence-electron chi connectivity index (χ4n) is 3.53. The molecule has 1 fully saturated rings. The summed E-state index contributed by atoms with van der Waals surface area (Å²) in [4.78, 5) is 12.7. The predicted octanol–water partition coefficient (Wildman–Crippen LogP) is 3.67. The van der Waals surface area contributed by atoms with E-state index in [4.69, 9.17) is 0 Å². The predicted molar refractivity (Wildman–Crippen MR) is 91.6 cm³/mol. The first-order chi connectivity index (χ1) is 10.7. The molecule has 0 saturated carbocycles. The van der Waals surface area contributed by atoms with Crippen molar-refractivity contribution in [3.05, 3.63) is 35.9 Å². The van der Waals surface area contributed by atoms with Gasteiger partial charge in [-0.15, -0.1) is 0 Å². The third-order valence-corrected chi connectivity index (χ3v) is 4.97. The minimum absolute atomic E-state index is 0.133. The number of carbonyl (C=O) groups excluding carboxylic acids is 1. The molecule has 0 radical (unpaired) electrons. The minimum atomic E-state index is 0.133. The zero-order valence-electron chi connectivity index (χ0n) is 14.1. The molecule has 0 bridgehead atoms. The Bertz CT molecular complexity index is 456. The van der Waals surface area contributed by atoms with E-state index in [1.54, 1.807) is 0 Å². The van der Waals surface area contributed by atoms with E-state index >= 15 is 0 Å². The zero-order valence-corrected chi connectivity index (χ0v) is 14.1. The van der Waals surface area contributed by atoms with E-state index in [-0.39, 0.29) is 17.9 Å². The van der Waals surface area contributed by atoms with Crippen molar-refractivity contribution in [1.82, 2.24) is 10.6 Å². The maximum Gasteiger partial charge on any atom is 0.223 e. The van der Waals surface area contributed by atoms with Crippen molar-refractivity contribution in [3.63, 3.8) is 0 Å². The van der Waals surface area contributed by atoms with Gasteiger partial charge in [0.2, 0.25) is 5.91 Å². The van der Waals surface area contributed by atoms with E-state index in [2.05, 4.69) is 55.7 Å². The number of carbonyl (C=O) groups is 1. The standard InChI is InChI=1S/C19H30N2O/c1-4-15(5-2)18(16-9-7-6-8-10-16)21-19(22)17-11-12-20-14(3)13-17/h6-10,14-15,17-18,20H,4-5,11-13H2,1-3H3,(H,21,22)/t14-,17-,18?/m0/s1. The molecule has 3 nitrogen and oxygen atoms in total. The van der Waals surface area contributed by atoms with Crippen molar-refractivity contribution in [2.24, 2.45) is 11.8 Å². The average molecular weight is 302 g/mol. The van der Waals surface area contributed by atoms with Gasteiger partial charge in [-0.05, 0) is 37.8 Å². The largest absolute Gasteiger partial charge is 0.349 e. The number of hydrogen-bond donors (Lipinski definition) is 2. The first-order valence-electron chi connectivity index (χ1n) is 8.74. The summed E-state index contributed by atoms with van der Waals surface area (Å²) >= 11 is 0. The Morgan fingerprint density at radius 3 is 2.55 bits per heavy atom. The highest BCUT2D eigenvalue weighted by Gasteiger charge is 2.28. The number of nitrogens with one attached hydrogen (secondary N) is 2. The second-order valence-corrected chi connectivity index (χ2v) is 6.55. The van der Waals surface area contributed by atoms with Crippen molar-refractivity contribution in [3.8, 4) is 0 Å². The van der Waals surface area contributed by atoms with Crippen molar-refractivity contribution in [1.29, 1.82) is 0 Å². The minimum Gasteiger partial charge on any atom is -0.349 e. The van der Waals surface area contributed by atoms with Gasteiger partial charge in [-0.2, -0.15) is 0 Å². The summed E-state index contributed by atoms with van der Waals surface area (Å²) in [6.45, 7) is 7.53. The molecule has 3 heteroatoms. The summed E-state index contributed by atoms with van der Waals surface area (Å²) < 4.78 is 0. The van der Waals surface area contributed by atoms with Gasteiger partial charge < -0.3 is 10.6 Å². The number of benzene rings is 1. The summed E-state index contributed by atoms with van der Waals surface area (Å²) in [5.74, 6) is 0.872. The molecule has 0 aromatic heterocycles. The highest BCUT2D eigenvalue weighted by atomic mass is 16.1. The molecule has 122 valence electrons. The highest BCUT2D eigenvalue weighted by Crippen LogP contribution is 2.28. The van der Waals surface area contributed by atoms with Crippen LogP contribution in [0.15, 0.2) is 30.3 Å². The Balaban J connectivity index is 2.10. The quantitative estimate of drug-likeness (QED) is 0.842.